The lowest BCUT2D eigenvalue weighted by Gasteiger charge is -2.29. The summed E-state index contributed by atoms with van der Waals surface area (Å²) >= 11 is 0. The van der Waals surface area contributed by atoms with Crippen molar-refractivity contribution in [2.45, 2.75) is 6.92 Å². The van der Waals surface area contributed by atoms with Crippen LogP contribution in [0.4, 0.5) is 5.82 Å². The van der Waals surface area contributed by atoms with Gasteiger partial charge < -0.3 is 9.64 Å². The second-order valence-corrected chi connectivity index (χ2v) is 5.39. The normalized spacial score (nSPS) is 15.4. The monoisotopic (exact) mass is 295 g/mol. The van der Waals surface area contributed by atoms with Gasteiger partial charge in [-0.15, -0.1) is 0 Å². The molecule has 0 aromatic carbocycles. The Bertz CT molecular complexity index is 793. The number of pyridine rings is 1. The van der Waals surface area contributed by atoms with Crippen LogP contribution in [0, 0.1) is 6.92 Å². The summed E-state index contributed by atoms with van der Waals surface area (Å²) in [4.78, 5) is 11.0. The Morgan fingerprint density at radius 2 is 1.86 bits per heavy atom. The van der Waals surface area contributed by atoms with E-state index in [-0.39, 0.29) is 0 Å². The quantitative estimate of drug-likeness (QED) is 0.723. The standard InChI is InChI=1S/C16H17N5O/c1-12-10-16(20-6-8-22-9-7-20)21-15(18-12)11-14(19-21)13-2-4-17-5-3-13/h2-5,10-11H,6-9H2,1H3. The minimum atomic E-state index is 0.751. The van der Waals surface area contributed by atoms with Crippen molar-refractivity contribution in [3.05, 3.63) is 42.4 Å². The number of anilines is 1. The number of hydrogen-bond donors (Lipinski definition) is 0. The summed E-state index contributed by atoms with van der Waals surface area (Å²) in [5.74, 6) is 1.08. The van der Waals surface area contributed by atoms with E-state index in [1.54, 1.807) is 12.4 Å². The van der Waals surface area contributed by atoms with Crippen LogP contribution < -0.4 is 4.90 Å². The summed E-state index contributed by atoms with van der Waals surface area (Å²) in [6.07, 6.45) is 3.56. The van der Waals surface area contributed by atoms with Gasteiger partial charge in [-0.25, -0.2) is 4.98 Å². The third kappa shape index (κ3) is 2.31. The fourth-order valence-electron chi connectivity index (χ4n) is 2.76. The van der Waals surface area contributed by atoms with E-state index < -0.39 is 0 Å². The molecule has 4 heterocycles. The zero-order chi connectivity index (χ0) is 14.9. The topological polar surface area (TPSA) is 55.6 Å². The highest BCUT2D eigenvalue weighted by molar-refractivity contribution is 5.65. The first-order valence-corrected chi connectivity index (χ1v) is 7.42. The molecule has 1 aliphatic rings. The van der Waals surface area contributed by atoms with Crippen LogP contribution in [0.1, 0.15) is 5.69 Å². The van der Waals surface area contributed by atoms with Crippen LogP contribution in [-0.4, -0.2) is 45.9 Å². The van der Waals surface area contributed by atoms with Crippen LogP contribution in [0.5, 0.6) is 0 Å². The molecular formula is C16H17N5O. The van der Waals surface area contributed by atoms with Gasteiger partial charge in [-0.2, -0.15) is 9.61 Å². The molecule has 112 valence electrons. The number of morpholine rings is 1. The fraction of sp³-hybridized carbons (Fsp3) is 0.312. The van der Waals surface area contributed by atoms with Crippen LogP contribution in [0.15, 0.2) is 36.7 Å². The number of hydrogen-bond acceptors (Lipinski definition) is 5. The molecule has 0 N–H and O–H groups in total. The van der Waals surface area contributed by atoms with Gasteiger partial charge in [0.1, 0.15) is 5.82 Å². The molecule has 0 unspecified atom stereocenters. The molecular weight excluding hydrogens is 278 g/mol. The lowest BCUT2D eigenvalue weighted by atomic mass is 10.2. The number of ether oxygens (including phenoxy) is 1. The lowest BCUT2D eigenvalue weighted by molar-refractivity contribution is 0.122. The molecule has 0 radical (unpaired) electrons. The first kappa shape index (κ1) is 13.2. The van der Waals surface area contributed by atoms with Crippen molar-refractivity contribution >= 4 is 11.5 Å². The van der Waals surface area contributed by atoms with E-state index in [1.807, 2.05) is 29.6 Å². The highest BCUT2D eigenvalue weighted by atomic mass is 16.5. The van der Waals surface area contributed by atoms with E-state index in [1.165, 1.54) is 0 Å². The molecule has 1 aliphatic heterocycles. The van der Waals surface area contributed by atoms with Crippen molar-refractivity contribution in [1.82, 2.24) is 19.6 Å². The SMILES string of the molecule is Cc1cc(N2CCOCC2)n2nc(-c3ccncc3)cc2n1. The van der Waals surface area contributed by atoms with E-state index in [9.17, 15) is 0 Å². The predicted octanol–water partition coefficient (Wildman–Crippen LogP) is 1.94. The first-order valence-electron chi connectivity index (χ1n) is 7.42. The summed E-state index contributed by atoms with van der Waals surface area (Å²) in [6.45, 7) is 5.28. The molecule has 6 nitrogen and oxygen atoms in total. The Kier molecular flexibility index (Phi) is 3.23. The molecule has 0 amide bonds. The Labute approximate surface area is 128 Å². The van der Waals surface area contributed by atoms with Gasteiger partial charge in [-0.1, -0.05) is 0 Å². The Hall–Kier alpha value is -2.47. The third-order valence-corrected chi connectivity index (χ3v) is 3.85. The second-order valence-electron chi connectivity index (χ2n) is 5.39. The molecule has 0 spiro atoms. The van der Waals surface area contributed by atoms with Gasteiger partial charge in [0.15, 0.2) is 5.65 Å². The fourth-order valence-corrected chi connectivity index (χ4v) is 2.76. The molecule has 1 fully saturated rings. The maximum Gasteiger partial charge on any atom is 0.158 e. The van der Waals surface area contributed by atoms with E-state index in [2.05, 4.69) is 20.9 Å². The van der Waals surface area contributed by atoms with Crippen LogP contribution in [0.3, 0.4) is 0 Å². The largest absolute Gasteiger partial charge is 0.378 e. The molecule has 3 aromatic rings. The minimum absolute atomic E-state index is 0.751. The van der Waals surface area contributed by atoms with E-state index in [0.717, 1.165) is 54.7 Å². The second kappa shape index (κ2) is 5.38. The van der Waals surface area contributed by atoms with E-state index in [0.29, 0.717) is 0 Å². The van der Waals surface area contributed by atoms with Gasteiger partial charge >= 0.3 is 0 Å². The van der Waals surface area contributed by atoms with Crippen LogP contribution in [-0.2, 0) is 4.74 Å². The maximum absolute atomic E-state index is 5.44. The van der Waals surface area contributed by atoms with Gasteiger partial charge in [0.25, 0.3) is 0 Å². The summed E-state index contributed by atoms with van der Waals surface area (Å²) in [6, 6.07) is 8.03. The maximum atomic E-state index is 5.44. The Morgan fingerprint density at radius 1 is 1.09 bits per heavy atom. The molecule has 6 heteroatoms. The number of fused-ring (bicyclic) bond motifs is 1. The van der Waals surface area contributed by atoms with Crippen molar-refractivity contribution in [2.24, 2.45) is 0 Å². The molecule has 0 saturated carbocycles. The molecule has 0 atom stereocenters. The van der Waals surface area contributed by atoms with Gasteiger partial charge in [0.2, 0.25) is 0 Å². The molecule has 4 rings (SSSR count). The van der Waals surface area contributed by atoms with Crippen molar-refractivity contribution in [3.8, 4) is 11.3 Å². The molecule has 1 saturated heterocycles. The summed E-state index contributed by atoms with van der Waals surface area (Å²) < 4.78 is 7.37. The van der Waals surface area contributed by atoms with Gasteiger partial charge in [0.05, 0.1) is 18.9 Å². The van der Waals surface area contributed by atoms with Crippen molar-refractivity contribution in [1.29, 1.82) is 0 Å². The highest BCUT2D eigenvalue weighted by Gasteiger charge is 2.17. The van der Waals surface area contributed by atoms with Gasteiger partial charge in [-0.05, 0) is 19.1 Å². The van der Waals surface area contributed by atoms with Crippen LogP contribution >= 0.6 is 0 Å². The Balaban J connectivity index is 1.84. The molecule has 0 aliphatic carbocycles. The van der Waals surface area contributed by atoms with E-state index >= 15 is 0 Å². The average Bonchev–Trinajstić information content (AvgIpc) is 2.99. The average molecular weight is 295 g/mol. The predicted molar refractivity (Wildman–Crippen MR) is 84.0 cm³/mol. The molecule has 0 bridgehead atoms. The Morgan fingerprint density at radius 3 is 2.64 bits per heavy atom. The van der Waals surface area contributed by atoms with Crippen molar-refractivity contribution in [3.63, 3.8) is 0 Å². The first-order chi connectivity index (χ1) is 10.8. The third-order valence-electron chi connectivity index (χ3n) is 3.85. The summed E-state index contributed by atoms with van der Waals surface area (Å²) in [5, 5.41) is 4.74. The highest BCUT2D eigenvalue weighted by Crippen LogP contribution is 2.23. The molecule has 3 aromatic heterocycles. The summed E-state index contributed by atoms with van der Waals surface area (Å²) in [7, 11) is 0. The van der Waals surface area contributed by atoms with Gasteiger partial charge in [0, 0.05) is 48.9 Å². The van der Waals surface area contributed by atoms with E-state index in [4.69, 9.17) is 9.84 Å². The minimum Gasteiger partial charge on any atom is -0.378 e. The zero-order valence-electron chi connectivity index (χ0n) is 12.4. The zero-order valence-corrected chi connectivity index (χ0v) is 12.4. The smallest absolute Gasteiger partial charge is 0.158 e. The summed E-state index contributed by atoms with van der Waals surface area (Å²) in [5.41, 5.74) is 3.82. The van der Waals surface area contributed by atoms with Crippen molar-refractivity contribution < 1.29 is 4.74 Å². The number of aromatic nitrogens is 4. The van der Waals surface area contributed by atoms with Crippen molar-refractivity contribution in [2.75, 3.05) is 31.2 Å². The number of nitrogens with zero attached hydrogens (tertiary/aromatic N) is 5. The van der Waals surface area contributed by atoms with Crippen LogP contribution in [0.25, 0.3) is 16.9 Å². The van der Waals surface area contributed by atoms with Gasteiger partial charge in [-0.3, -0.25) is 4.98 Å². The lowest BCUT2D eigenvalue weighted by Crippen LogP contribution is -2.37. The van der Waals surface area contributed by atoms with Crippen LogP contribution in [0.2, 0.25) is 0 Å². The number of rotatable bonds is 2. The number of aryl methyl sites for hydroxylation is 1. The molecule has 22 heavy (non-hydrogen) atoms.